The van der Waals surface area contributed by atoms with Gasteiger partial charge in [0.2, 0.25) is 0 Å². The van der Waals surface area contributed by atoms with Crippen molar-refractivity contribution in [3.8, 4) is 17.6 Å². The minimum absolute atomic E-state index is 0.0732. The Morgan fingerprint density at radius 1 is 1.30 bits per heavy atom. The van der Waals surface area contributed by atoms with E-state index in [9.17, 15) is 9.90 Å². The molecule has 2 N–H and O–H groups in total. The zero-order valence-corrected chi connectivity index (χ0v) is 13.0. The van der Waals surface area contributed by atoms with Crippen LogP contribution in [0.25, 0.3) is 0 Å². The van der Waals surface area contributed by atoms with E-state index in [1.807, 2.05) is 0 Å². The number of aromatic hydroxyl groups is 1. The van der Waals surface area contributed by atoms with E-state index in [0.29, 0.717) is 36.4 Å². The van der Waals surface area contributed by atoms with E-state index in [1.54, 1.807) is 24.3 Å². The number of nitrogens with one attached hydrogen (secondary N) is 1. The number of nitrogens with zero attached hydrogens (tertiary/aromatic N) is 1. The third-order valence-corrected chi connectivity index (χ3v) is 3.31. The van der Waals surface area contributed by atoms with E-state index in [-0.39, 0.29) is 16.7 Å². The topological polar surface area (TPSA) is 82.3 Å². The molecule has 0 aliphatic carbocycles. The molecule has 0 aliphatic heterocycles. The number of unbranched alkanes of at least 4 members (excludes halogenated alkanes) is 1. The Bertz CT molecular complexity index is 741. The van der Waals surface area contributed by atoms with Gasteiger partial charge >= 0.3 is 0 Å². The number of nitriles is 1. The fourth-order valence-electron chi connectivity index (χ4n) is 1.86. The summed E-state index contributed by atoms with van der Waals surface area (Å²) in [5.74, 6) is 0.203. The summed E-state index contributed by atoms with van der Waals surface area (Å²) in [7, 11) is 0. The molecule has 0 unspecified atom stereocenters. The molecule has 5 nitrogen and oxygen atoms in total. The molecule has 23 heavy (non-hydrogen) atoms. The Hall–Kier alpha value is -2.71. The second kappa shape index (κ2) is 8.06. The van der Waals surface area contributed by atoms with E-state index in [1.165, 1.54) is 18.2 Å². The van der Waals surface area contributed by atoms with Crippen LogP contribution in [0, 0.1) is 11.3 Å². The zero-order valence-electron chi connectivity index (χ0n) is 12.3. The maximum Gasteiger partial charge on any atom is 0.255 e. The number of rotatable bonds is 6. The second-order valence-electron chi connectivity index (χ2n) is 4.76. The molecular formula is C17H15ClN2O3. The third kappa shape index (κ3) is 4.90. The van der Waals surface area contributed by atoms with Crippen molar-refractivity contribution in [2.24, 2.45) is 0 Å². The highest BCUT2D eigenvalue weighted by Gasteiger charge is 2.09. The van der Waals surface area contributed by atoms with Crippen LogP contribution in [0.5, 0.6) is 11.5 Å². The Balaban J connectivity index is 2.00. The van der Waals surface area contributed by atoms with Gasteiger partial charge in [0.05, 0.1) is 17.7 Å². The Kier molecular flexibility index (Phi) is 5.84. The summed E-state index contributed by atoms with van der Waals surface area (Å²) in [6, 6.07) is 13.3. The number of anilines is 1. The van der Waals surface area contributed by atoms with Crippen molar-refractivity contribution in [3.63, 3.8) is 0 Å². The highest BCUT2D eigenvalue weighted by molar-refractivity contribution is 6.32. The van der Waals surface area contributed by atoms with Gasteiger partial charge in [-0.25, -0.2) is 0 Å². The molecule has 2 aromatic carbocycles. The summed E-state index contributed by atoms with van der Waals surface area (Å²) in [6.45, 7) is 0.443. The van der Waals surface area contributed by atoms with Crippen LogP contribution >= 0.6 is 11.6 Å². The summed E-state index contributed by atoms with van der Waals surface area (Å²) >= 11 is 5.80. The number of amides is 1. The normalized spacial score (nSPS) is 9.91. The number of phenolic OH excluding ortho intramolecular Hbond substituents is 1. The van der Waals surface area contributed by atoms with Gasteiger partial charge in [-0.3, -0.25) is 4.79 Å². The van der Waals surface area contributed by atoms with Crippen molar-refractivity contribution < 1.29 is 14.6 Å². The van der Waals surface area contributed by atoms with Gasteiger partial charge in [0, 0.05) is 23.7 Å². The van der Waals surface area contributed by atoms with Gasteiger partial charge in [-0.1, -0.05) is 17.7 Å². The van der Waals surface area contributed by atoms with Gasteiger partial charge in [-0.2, -0.15) is 5.26 Å². The molecule has 2 rings (SSSR count). The molecule has 0 bridgehead atoms. The quantitative estimate of drug-likeness (QED) is 0.785. The SMILES string of the molecule is N#CCCCOc1cccc(NC(=O)c2ccc(O)c(Cl)c2)c1. The van der Waals surface area contributed by atoms with Crippen LogP contribution in [0.2, 0.25) is 5.02 Å². The first-order valence-electron chi connectivity index (χ1n) is 7.00. The molecule has 0 saturated carbocycles. The van der Waals surface area contributed by atoms with Gasteiger partial charge in [0.15, 0.2) is 0 Å². The number of halogens is 1. The first-order chi connectivity index (χ1) is 11.1. The lowest BCUT2D eigenvalue weighted by atomic mass is 10.2. The molecule has 0 atom stereocenters. The largest absolute Gasteiger partial charge is 0.506 e. The van der Waals surface area contributed by atoms with Crippen molar-refractivity contribution in [2.45, 2.75) is 12.8 Å². The summed E-state index contributed by atoms with van der Waals surface area (Å²) in [6.07, 6.45) is 1.09. The predicted molar refractivity (Wildman–Crippen MR) is 87.9 cm³/mol. The van der Waals surface area contributed by atoms with Crippen molar-refractivity contribution in [2.75, 3.05) is 11.9 Å². The van der Waals surface area contributed by atoms with Gasteiger partial charge in [-0.05, 0) is 36.8 Å². The second-order valence-corrected chi connectivity index (χ2v) is 5.17. The Morgan fingerprint density at radius 2 is 2.13 bits per heavy atom. The van der Waals surface area contributed by atoms with Gasteiger partial charge in [0.1, 0.15) is 11.5 Å². The van der Waals surface area contributed by atoms with Gasteiger partial charge in [0.25, 0.3) is 5.91 Å². The molecule has 0 heterocycles. The van der Waals surface area contributed by atoms with E-state index in [0.717, 1.165) is 0 Å². The van der Waals surface area contributed by atoms with Crippen molar-refractivity contribution in [1.82, 2.24) is 0 Å². The number of hydrogen-bond donors (Lipinski definition) is 2. The zero-order chi connectivity index (χ0) is 16.7. The molecule has 0 aromatic heterocycles. The Labute approximate surface area is 139 Å². The summed E-state index contributed by atoms with van der Waals surface area (Å²) in [5, 5.41) is 20.7. The van der Waals surface area contributed by atoms with E-state index >= 15 is 0 Å². The molecule has 0 saturated heterocycles. The Morgan fingerprint density at radius 3 is 2.87 bits per heavy atom. The fraction of sp³-hybridized carbons (Fsp3) is 0.176. The number of ether oxygens (including phenoxy) is 1. The van der Waals surface area contributed by atoms with E-state index in [4.69, 9.17) is 21.6 Å². The summed E-state index contributed by atoms with van der Waals surface area (Å²) in [5.41, 5.74) is 0.921. The van der Waals surface area contributed by atoms with Crippen molar-refractivity contribution in [1.29, 1.82) is 5.26 Å². The van der Waals surface area contributed by atoms with Crippen LogP contribution in [0.15, 0.2) is 42.5 Å². The molecule has 1 amide bonds. The maximum absolute atomic E-state index is 12.2. The first-order valence-corrected chi connectivity index (χ1v) is 7.37. The summed E-state index contributed by atoms with van der Waals surface area (Å²) < 4.78 is 5.51. The molecule has 6 heteroatoms. The van der Waals surface area contributed by atoms with E-state index in [2.05, 4.69) is 11.4 Å². The average Bonchev–Trinajstić information content (AvgIpc) is 2.54. The lowest BCUT2D eigenvalue weighted by Gasteiger charge is -2.09. The van der Waals surface area contributed by atoms with Crippen LogP contribution in [0.4, 0.5) is 5.69 Å². The molecule has 0 radical (unpaired) electrons. The molecule has 0 spiro atoms. The van der Waals surface area contributed by atoms with Crippen LogP contribution in [-0.2, 0) is 0 Å². The monoisotopic (exact) mass is 330 g/mol. The minimum Gasteiger partial charge on any atom is -0.506 e. The highest BCUT2D eigenvalue weighted by atomic mass is 35.5. The summed E-state index contributed by atoms with van der Waals surface area (Å²) in [4.78, 5) is 12.2. The van der Waals surface area contributed by atoms with Crippen molar-refractivity contribution >= 4 is 23.2 Å². The molecule has 0 aliphatic rings. The molecule has 2 aromatic rings. The minimum atomic E-state index is -0.339. The predicted octanol–water partition coefficient (Wildman–Crippen LogP) is 3.98. The van der Waals surface area contributed by atoms with Gasteiger partial charge in [-0.15, -0.1) is 0 Å². The smallest absolute Gasteiger partial charge is 0.255 e. The average molecular weight is 331 g/mol. The molecule has 118 valence electrons. The highest BCUT2D eigenvalue weighted by Crippen LogP contribution is 2.24. The van der Waals surface area contributed by atoms with Gasteiger partial charge < -0.3 is 15.2 Å². The lowest BCUT2D eigenvalue weighted by Crippen LogP contribution is -2.11. The van der Waals surface area contributed by atoms with Crippen LogP contribution < -0.4 is 10.1 Å². The van der Waals surface area contributed by atoms with Crippen LogP contribution in [-0.4, -0.2) is 17.6 Å². The van der Waals surface area contributed by atoms with E-state index < -0.39 is 0 Å². The first kappa shape index (κ1) is 16.7. The van der Waals surface area contributed by atoms with Crippen LogP contribution in [0.1, 0.15) is 23.2 Å². The van der Waals surface area contributed by atoms with Crippen LogP contribution in [0.3, 0.4) is 0 Å². The molecular weight excluding hydrogens is 316 g/mol. The fourth-order valence-corrected chi connectivity index (χ4v) is 2.04. The number of hydrogen-bond acceptors (Lipinski definition) is 4. The number of carbonyl (C=O) groups excluding carboxylic acids is 1. The maximum atomic E-state index is 12.2. The number of carbonyl (C=O) groups is 1. The lowest BCUT2D eigenvalue weighted by molar-refractivity contribution is 0.102. The third-order valence-electron chi connectivity index (χ3n) is 3.00. The van der Waals surface area contributed by atoms with Crippen molar-refractivity contribution in [3.05, 3.63) is 53.1 Å². The standard InChI is InChI=1S/C17H15ClN2O3/c18-15-10-12(6-7-16(15)21)17(22)20-13-4-3-5-14(11-13)23-9-2-1-8-19/h3-7,10-11,21H,1-2,9H2,(H,20,22). The molecule has 0 fully saturated rings. The number of benzene rings is 2. The number of phenols is 1.